The molecule has 0 amide bonds. The van der Waals surface area contributed by atoms with Crippen molar-refractivity contribution in [2.75, 3.05) is 66.1 Å². The summed E-state index contributed by atoms with van der Waals surface area (Å²) < 4.78 is 19.0. The lowest BCUT2D eigenvalue weighted by Crippen LogP contribution is -2.15. The van der Waals surface area contributed by atoms with E-state index in [1.54, 1.807) is 0 Å². The molecule has 0 aromatic heterocycles. The number of ketones is 1. The molecule has 2 saturated carbocycles. The van der Waals surface area contributed by atoms with E-state index >= 15 is 0 Å². The highest BCUT2D eigenvalue weighted by atomic mass is 16.5. The molecule has 14 heteroatoms. The van der Waals surface area contributed by atoms with E-state index in [0.717, 1.165) is 95.3 Å². The zero-order valence-electron chi connectivity index (χ0n) is 37.5. The van der Waals surface area contributed by atoms with Crippen LogP contribution in [0, 0.1) is 17.8 Å². The van der Waals surface area contributed by atoms with Gasteiger partial charge in [0.2, 0.25) is 0 Å². The number of rotatable bonds is 23. The smallest absolute Gasteiger partial charge is 0.302 e. The van der Waals surface area contributed by atoms with Crippen LogP contribution < -0.4 is 0 Å². The van der Waals surface area contributed by atoms with Crippen molar-refractivity contribution in [3.05, 3.63) is 0 Å². The van der Waals surface area contributed by atoms with Gasteiger partial charge in [0.1, 0.15) is 6.61 Å². The molecule has 0 unspecified atom stereocenters. The van der Waals surface area contributed by atoms with Crippen molar-refractivity contribution < 1.29 is 68.8 Å². The average Bonchev–Trinajstić information content (AvgIpc) is 3.18. The lowest BCUT2D eigenvalue weighted by molar-refractivity contribution is -0.142. The third-order valence-electron chi connectivity index (χ3n) is 8.95. The standard InChI is InChI=1S/2C8H16O3.C8H16O.C7H14O3.C7H14O.C6H12O3/c1-8(10)7-11-6-4-2-3-5-9;1-8(10)11-7-5-3-2-4-6-9;1-7-2-4-8(6-9)5-3-7;1-7(9)10-6-4-2-3-5-8;1-6-2-4-7(8)5-3-6;1-6(8)9-5-3-2-4-7/h2*9H,2-7H2,1H3;7-9H,2-6H2,1H3;8H,2-6H2,1H3;6-8H,2-5H2,1H3;7H,2-5H2,1H3. The van der Waals surface area contributed by atoms with Gasteiger partial charge in [-0.1, -0.05) is 33.1 Å². The Labute approximate surface area is 351 Å². The first-order valence-corrected chi connectivity index (χ1v) is 21.9. The Hall–Kier alpha value is -2.20. The van der Waals surface area contributed by atoms with E-state index in [9.17, 15) is 19.2 Å². The van der Waals surface area contributed by atoms with Crippen molar-refractivity contribution in [2.45, 2.75) is 176 Å². The zero-order chi connectivity index (χ0) is 44.7. The molecule has 2 aliphatic carbocycles. The second-order valence-corrected chi connectivity index (χ2v) is 15.1. The molecule has 2 fully saturated rings. The fourth-order valence-corrected chi connectivity index (χ4v) is 5.28. The number of hydrogen-bond donors (Lipinski definition) is 6. The molecule has 0 atom stereocenters. The molecule has 0 radical (unpaired) electrons. The SMILES string of the molecule is CC(=O)COCCCCCO.CC(=O)OCCCCCCO.CC(=O)OCCCCCO.CC(=O)OCCCCO.CC1CCC(CO)CC1.CC1CCC(O)CC1. The minimum atomic E-state index is -0.257. The summed E-state index contributed by atoms with van der Waals surface area (Å²) in [5.74, 6) is 1.75. The first-order chi connectivity index (χ1) is 27.7. The quantitative estimate of drug-likeness (QED) is 0.0380. The maximum absolute atomic E-state index is 10.4. The van der Waals surface area contributed by atoms with Gasteiger partial charge in [-0.2, -0.15) is 0 Å². The highest BCUT2D eigenvalue weighted by molar-refractivity contribution is 5.76. The molecular formula is C44H88O14. The Balaban J connectivity index is -0.000000302. The number of Topliss-reactive ketones (excluding diaryl/α,β-unsaturated/α-hetero) is 1. The molecule has 58 heavy (non-hydrogen) atoms. The highest BCUT2D eigenvalue weighted by Gasteiger charge is 2.16. The van der Waals surface area contributed by atoms with Crippen molar-refractivity contribution in [1.29, 1.82) is 0 Å². The second-order valence-electron chi connectivity index (χ2n) is 15.1. The van der Waals surface area contributed by atoms with Crippen molar-refractivity contribution in [3.63, 3.8) is 0 Å². The predicted molar refractivity (Wildman–Crippen MR) is 227 cm³/mol. The fourth-order valence-electron chi connectivity index (χ4n) is 5.28. The summed E-state index contributed by atoms with van der Waals surface area (Å²) in [7, 11) is 0. The molecule has 0 aromatic rings. The maximum Gasteiger partial charge on any atom is 0.302 e. The predicted octanol–water partition coefficient (Wildman–Crippen LogP) is 6.25. The third kappa shape index (κ3) is 63.0. The van der Waals surface area contributed by atoms with Crippen molar-refractivity contribution in [1.82, 2.24) is 0 Å². The van der Waals surface area contributed by atoms with Gasteiger partial charge in [-0.25, -0.2) is 0 Å². The Bertz CT molecular complexity index is 836. The second kappa shape index (κ2) is 50.9. The van der Waals surface area contributed by atoms with Crippen molar-refractivity contribution in [2.24, 2.45) is 17.8 Å². The van der Waals surface area contributed by atoms with Crippen molar-refractivity contribution >= 4 is 23.7 Å². The van der Waals surface area contributed by atoms with Gasteiger partial charge in [-0.15, -0.1) is 0 Å². The van der Waals surface area contributed by atoms with Crippen LogP contribution in [-0.2, 0) is 38.1 Å². The topological polar surface area (TPSA) is 227 Å². The lowest BCUT2D eigenvalue weighted by Gasteiger charge is -2.23. The molecule has 2 rings (SSSR count). The van der Waals surface area contributed by atoms with Crippen LogP contribution in [0.2, 0.25) is 0 Å². The molecule has 0 saturated heterocycles. The van der Waals surface area contributed by atoms with Gasteiger partial charge in [-0.05, 0) is 134 Å². The molecule has 6 N–H and O–H groups in total. The summed E-state index contributed by atoms with van der Waals surface area (Å²) >= 11 is 0. The van der Waals surface area contributed by atoms with Gasteiger partial charge in [-0.3, -0.25) is 19.2 Å². The van der Waals surface area contributed by atoms with Gasteiger partial charge in [0.15, 0.2) is 5.78 Å². The van der Waals surface area contributed by atoms with Crippen LogP contribution in [0.1, 0.15) is 170 Å². The average molecular weight is 841 g/mol. The monoisotopic (exact) mass is 841 g/mol. The number of carbonyl (C=O) groups is 4. The molecule has 2 aliphatic rings. The normalized spacial score (nSPS) is 17.9. The lowest BCUT2D eigenvalue weighted by atomic mass is 9.84. The fraction of sp³-hybridized carbons (Fsp3) is 0.909. The van der Waals surface area contributed by atoms with Crippen LogP contribution in [0.25, 0.3) is 0 Å². The van der Waals surface area contributed by atoms with E-state index in [-0.39, 0.29) is 62.8 Å². The summed E-state index contributed by atoms with van der Waals surface area (Å²) in [6, 6.07) is 0. The minimum absolute atomic E-state index is 0.0196. The minimum Gasteiger partial charge on any atom is -0.466 e. The molecule has 14 nitrogen and oxygen atoms in total. The van der Waals surface area contributed by atoms with E-state index in [1.165, 1.54) is 66.2 Å². The first-order valence-electron chi connectivity index (χ1n) is 21.9. The van der Waals surface area contributed by atoms with Crippen molar-refractivity contribution in [3.8, 4) is 0 Å². The van der Waals surface area contributed by atoms with Gasteiger partial charge in [0.05, 0.1) is 25.9 Å². The van der Waals surface area contributed by atoms with E-state index in [2.05, 4.69) is 23.3 Å². The number of aliphatic hydroxyl groups excluding tert-OH is 6. The number of unbranched alkanes of at least 4 members (excludes halogenated alkanes) is 8. The van der Waals surface area contributed by atoms with Gasteiger partial charge in [0, 0.05) is 60.4 Å². The van der Waals surface area contributed by atoms with Crippen LogP contribution in [0.5, 0.6) is 0 Å². The Kier molecular flexibility index (Phi) is 54.9. The molecule has 0 heterocycles. The van der Waals surface area contributed by atoms with E-state index in [0.29, 0.717) is 45.4 Å². The van der Waals surface area contributed by atoms with Crippen LogP contribution in [0.15, 0.2) is 0 Å². The Morgan fingerprint density at radius 3 is 1.09 bits per heavy atom. The molecule has 0 aromatic carbocycles. The summed E-state index contributed by atoms with van der Waals surface area (Å²) in [4.78, 5) is 41.0. The molecule has 0 bridgehead atoms. The number of aliphatic hydroxyl groups is 6. The van der Waals surface area contributed by atoms with Gasteiger partial charge >= 0.3 is 17.9 Å². The summed E-state index contributed by atoms with van der Waals surface area (Å²) in [6.45, 7) is 13.8. The van der Waals surface area contributed by atoms with Crippen LogP contribution in [0.3, 0.4) is 0 Å². The summed E-state index contributed by atoms with van der Waals surface area (Å²) in [5.41, 5.74) is 0. The number of esters is 3. The maximum atomic E-state index is 10.4. The van der Waals surface area contributed by atoms with Crippen LogP contribution in [0.4, 0.5) is 0 Å². The number of ether oxygens (including phenoxy) is 4. The first kappa shape index (κ1) is 62.5. The zero-order valence-corrected chi connectivity index (χ0v) is 37.5. The van der Waals surface area contributed by atoms with E-state index < -0.39 is 0 Å². The molecule has 0 spiro atoms. The van der Waals surface area contributed by atoms with Gasteiger partial charge < -0.3 is 49.6 Å². The summed E-state index contributed by atoms with van der Waals surface area (Å²) in [5, 5.41) is 51.3. The molecule has 0 aliphatic heterocycles. The molecule has 348 valence electrons. The van der Waals surface area contributed by atoms with Crippen LogP contribution >= 0.6 is 0 Å². The number of hydrogen-bond acceptors (Lipinski definition) is 14. The van der Waals surface area contributed by atoms with Crippen LogP contribution in [-0.4, -0.2) is 127 Å². The Morgan fingerprint density at radius 1 is 0.448 bits per heavy atom. The molecular weight excluding hydrogens is 752 g/mol. The third-order valence-corrected chi connectivity index (χ3v) is 8.95. The van der Waals surface area contributed by atoms with E-state index in [4.69, 9.17) is 40.1 Å². The Morgan fingerprint density at radius 2 is 0.759 bits per heavy atom. The summed E-state index contributed by atoms with van der Waals surface area (Å²) in [6.07, 6.45) is 20.2. The number of carbonyl (C=O) groups excluding carboxylic acids is 4. The van der Waals surface area contributed by atoms with E-state index in [1.807, 2.05) is 0 Å². The van der Waals surface area contributed by atoms with Gasteiger partial charge in [0.25, 0.3) is 0 Å². The highest BCUT2D eigenvalue weighted by Crippen LogP contribution is 2.27. The largest absolute Gasteiger partial charge is 0.466 e.